The number of morpholine rings is 1. The molecule has 1 saturated heterocycles. The molecule has 2 aromatic rings. The van der Waals surface area contributed by atoms with E-state index in [1.807, 2.05) is 32.0 Å². The number of rotatable bonds is 4. The molecule has 25 heavy (non-hydrogen) atoms. The normalized spacial score (nSPS) is 15.2. The molecule has 2 aromatic carbocycles. The van der Waals surface area contributed by atoms with Gasteiger partial charge in [0, 0.05) is 17.6 Å². The van der Waals surface area contributed by atoms with Crippen LogP contribution in [0.2, 0.25) is 0 Å². The first-order valence-electron chi connectivity index (χ1n) is 8.09. The predicted molar refractivity (Wildman–Crippen MR) is 104 cm³/mol. The predicted octanol–water partition coefficient (Wildman–Crippen LogP) is 3.70. The molecule has 5 nitrogen and oxygen atoms in total. The molecule has 1 N–H and O–H groups in total. The highest BCUT2D eigenvalue weighted by atomic mass is 79.9. The molecule has 134 valence electrons. The zero-order valence-electron chi connectivity index (χ0n) is 14.3. The first-order chi connectivity index (χ1) is 11.9. The van der Waals surface area contributed by atoms with E-state index in [4.69, 9.17) is 4.74 Å². The highest BCUT2D eigenvalue weighted by Crippen LogP contribution is 2.32. The first kappa shape index (κ1) is 18.2. The number of ether oxygens (including phenoxy) is 1. The van der Waals surface area contributed by atoms with Crippen LogP contribution in [-0.4, -0.2) is 34.7 Å². The maximum atomic E-state index is 12.8. The monoisotopic (exact) mass is 424 g/mol. The molecule has 0 amide bonds. The average molecular weight is 425 g/mol. The van der Waals surface area contributed by atoms with Gasteiger partial charge in [0.2, 0.25) is 0 Å². The van der Waals surface area contributed by atoms with Gasteiger partial charge in [-0.25, -0.2) is 8.42 Å². The second-order valence-corrected chi connectivity index (χ2v) is 8.71. The number of nitrogens with zero attached hydrogens (tertiary/aromatic N) is 1. The van der Waals surface area contributed by atoms with Crippen LogP contribution in [0.25, 0.3) is 0 Å². The van der Waals surface area contributed by atoms with Crippen molar-refractivity contribution in [2.24, 2.45) is 0 Å². The fourth-order valence-electron chi connectivity index (χ4n) is 2.75. The summed E-state index contributed by atoms with van der Waals surface area (Å²) < 4.78 is 34.6. The van der Waals surface area contributed by atoms with E-state index in [-0.39, 0.29) is 4.90 Å². The molecule has 0 unspecified atom stereocenters. The van der Waals surface area contributed by atoms with Crippen molar-refractivity contribution in [2.75, 3.05) is 35.9 Å². The Bertz CT molecular complexity index is 878. The molecule has 3 rings (SSSR count). The maximum Gasteiger partial charge on any atom is 0.261 e. The van der Waals surface area contributed by atoms with Crippen molar-refractivity contribution in [3.05, 3.63) is 52.0 Å². The van der Waals surface area contributed by atoms with Gasteiger partial charge >= 0.3 is 0 Å². The highest BCUT2D eigenvalue weighted by Gasteiger charge is 2.20. The minimum absolute atomic E-state index is 0.267. The quantitative estimate of drug-likeness (QED) is 0.812. The van der Waals surface area contributed by atoms with E-state index in [1.54, 1.807) is 18.2 Å². The third-order valence-electron chi connectivity index (χ3n) is 4.34. The lowest BCUT2D eigenvalue weighted by Crippen LogP contribution is -2.36. The van der Waals surface area contributed by atoms with E-state index in [0.717, 1.165) is 34.4 Å². The van der Waals surface area contributed by atoms with Crippen LogP contribution in [0.15, 0.2) is 45.8 Å². The summed E-state index contributed by atoms with van der Waals surface area (Å²) in [6.07, 6.45) is 0. The molecule has 0 bridgehead atoms. The van der Waals surface area contributed by atoms with Crippen molar-refractivity contribution in [3.63, 3.8) is 0 Å². The molecule has 0 saturated carbocycles. The summed E-state index contributed by atoms with van der Waals surface area (Å²) >= 11 is 3.43. The molecule has 0 atom stereocenters. The number of benzene rings is 2. The van der Waals surface area contributed by atoms with Crippen LogP contribution in [0.3, 0.4) is 0 Å². The lowest BCUT2D eigenvalue weighted by molar-refractivity contribution is 0.123. The Morgan fingerprint density at radius 1 is 1.04 bits per heavy atom. The summed E-state index contributed by atoms with van der Waals surface area (Å²) in [6.45, 7) is 6.62. The first-order valence-corrected chi connectivity index (χ1v) is 10.4. The van der Waals surface area contributed by atoms with Gasteiger partial charge in [0.25, 0.3) is 10.0 Å². The number of hydrogen-bond acceptors (Lipinski definition) is 4. The molecular weight excluding hydrogens is 404 g/mol. The van der Waals surface area contributed by atoms with Crippen molar-refractivity contribution in [3.8, 4) is 0 Å². The van der Waals surface area contributed by atoms with E-state index in [9.17, 15) is 8.42 Å². The van der Waals surface area contributed by atoms with Crippen LogP contribution in [-0.2, 0) is 14.8 Å². The lowest BCUT2D eigenvalue weighted by Gasteiger charge is -2.30. The molecule has 1 fully saturated rings. The Balaban J connectivity index is 1.95. The molecule has 0 radical (unpaired) electrons. The molecule has 7 heteroatoms. The van der Waals surface area contributed by atoms with E-state index in [1.165, 1.54) is 0 Å². The third kappa shape index (κ3) is 4.16. The summed E-state index contributed by atoms with van der Waals surface area (Å²) in [5, 5.41) is 0. The fourth-order valence-corrected chi connectivity index (χ4v) is 4.27. The van der Waals surface area contributed by atoms with Gasteiger partial charge in [0.05, 0.1) is 29.5 Å². The summed E-state index contributed by atoms with van der Waals surface area (Å²) in [6, 6.07) is 10.8. The third-order valence-corrected chi connectivity index (χ3v) is 6.20. The number of aryl methyl sites for hydroxylation is 2. The van der Waals surface area contributed by atoms with Crippen molar-refractivity contribution < 1.29 is 13.2 Å². The van der Waals surface area contributed by atoms with E-state index in [2.05, 4.69) is 25.6 Å². The second kappa shape index (κ2) is 7.35. The van der Waals surface area contributed by atoms with Gasteiger partial charge in [-0.05, 0) is 55.3 Å². The molecule has 0 aliphatic carbocycles. The van der Waals surface area contributed by atoms with Crippen molar-refractivity contribution >= 4 is 37.3 Å². The largest absolute Gasteiger partial charge is 0.378 e. The Labute approximate surface area is 157 Å². The Morgan fingerprint density at radius 3 is 2.44 bits per heavy atom. The number of sulfonamides is 1. The Hall–Kier alpha value is -1.57. The van der Waals surface area contributed by atoms with Crippen molar-refractivity contribution in [1.82, 2.24) is 0 Å². The summed E-state index contributed by atoms with van der Waals surface area (Å²) in [5.74, 6) is 0. The fraction of sp³-hybridized carbons (Fsp3) is 0.333. The molecule has 1 aliphatic heterocycles. The Kier molecular flexibility index (Phi) is 5.36. The molecule has 0 spiro atoms. The van der Waals surface area contributed by atoms with Gasteiger partial charge < -0.3 is 9.64 Å². The van der Waals surface area contributed by atoms with E-state index in [0.29, 0.717) is 18.9 Å². The smallest absolute Gasteiger partial charge is 0.261 e. The molecule has 1 heterocycles. The molecular formula is C18H21BrN2O3S. The van der Waals surface area contributed by atoms with Gasteiger partial charge in [0.1, 0.15) is 0 Å². The number of nitrogens with one attached hydrogen (secondary N) is 1. The minimum Gasteiger partial charge on any atom is -0.378 e. The van der Waals surface area contributed by atoms with Gasteiger partial charge in [-0.15, -0.1) is 0 Å². The van der Waals surface area contributed by atoms with Crippen LogP contribution in [0, 0.1) is 13.8 Å². The number of hydrogen-bond donors (Lipinski definition) is 1. The lowest BCUT2D eigenvalue weighted by atomic mass is 10.1. The highest BCUT2D eigenvalue weighted by molar-refractivity contribution is 9.10. The van der Waals surface area contributed by atoms with Crippen LogP contribution >= 0.6 is 15.9 Å². The van der Waals surface area contributed by atoms with Crippen LogP contribution in [0.4, 0.5) is 11.4 Å². The number of anilines is 2. The van der Waals surface area contributed by atoms with Crippen LogP contribution < -0.4 is 9.62 Å². The van der Waals surface area contributed by atoms with Crippen LogP contribution in [0.5, 0.6) is 0 Å². The minimum atomic E-state index is -3.66. The Morgan fingerprint density at radius 2 is 1.76 bits per heavy atom. The van der Waals surface area contributed by atoms with Gasteiger partial charge in [-0.1, -0.05) is 22.0 Å². The van der Waals surface area contributed by atoms with Gasteiger partial charge in [-0.3, -0.25) is 4.72 Å². The topological polar surface area (TPSA) is 58.6 Å². The molecule has 0 aromatic heterocycles. The summed E-state index contributed by atoms with van der Waals surface area (Å²) in [7, 11) is -3.66. The van der Waals surface area contributed by atoms with E-state index >= 15 is 0 Å². The molecule has 1 aliphatic rings. The zero-order valence-corrected chi connectivity index (χ0v) is 16.7. The van der Waals surface area contributed by atoms with Crippen molar-refractivity contribution in [2.45, 2.75) is 18.7 Å². The maximum absolute atomic E-state index is 12.8. The van der Waals surface area contributed by atoms with E-state index < -0.39 is 10.0 Å². The van der Waals surface area contributed by atoms with Crippen molar-refractivity contribution in [1.29, 1.82) is 0 Å². The van der Waals surface area contributed by atoms with Gasteiger partial charge in [-0.2, -0.15) is 0 Å². The zero-order chi connectivity index (χ0) is 18.0. The average Bonchev–Trinajstić information content (AvgIpc) is 2.58. The number of halogens is 1. The SMILES string of the molecule is Cc1ccc(S(=O)(=O)Nc2cc(Br)ccc2N2CCOCC2)cc1C. The standard InChI is InChI=1S/C18H21BrN2O3S/c1-13-3-5-16(11-14(13)2)25(22,23)20-17-12-15(19)4-6-18(17)21-7-9-24-10-8-21/h3-6,11-12,20H,7-10H2,1-2H3. The second-order valence-electron chi connectivity index (χ2n) is 6.11. The van der Waals surface area contributed by atoms with Crippen LogP contribution in [0.1, 0.15) is 11.1 Å². The summed E-state index contributed by atoms with van der Waals surface area (Å²) in [4.78, 5) is 2.40. The summed E-state index contributed by atoms with van der Waals surface area (Å²) in [5.41, 5.74) is 3.44. The van der Waals surface area contributed by atoms with Gasteiger partial charge in [0.15, 0.2) is 0 Å².